The van der Waals surface area contributed by atoms with Gasteiger partial charge < -0.3 is 37.9 Å². The zero-order valence-electron chi connectivity index (χ0n) is 18.2. The van der Waals surface area contributed by atoms with Crippen LogP contribution in [0.25, 0.3) is 0 Å². The van der Waals surface area contributed by atoms with E-state index in [1.54, 1.807) is 0 Å². The molecule has 16 heteroatoms. The van der Waals surface area contributed by atoms with Crippen molar-refractivity contribution in [2.75, 3.05) is 0 Å². The summed E-state index contributed by atoms with van der Waals surface area (Å²) in [4.78, 5) is 100. The molecule has 16 nitrogen and oxygen atoms in total. The number of carbonyl (C=O) groups excluding carboxylic acids is 8. The number of hydrogen-bond donors (Lipinski definition) is 0. The average Bonchev–Trinajstić information content (AvgIpc) is 2.95. The van der Waals surface area contributed by atoms with E-state index in [0.29, 0.717) is 48.6 Å². The van der Waals surface area contributed by atoms with Gasteiger partial charge in [-0.1, -0.05) is 0 Å². The molecule has 0 aliphatic carbocycles. The summed E-state index contributed by atoms with van der Waals surface area (Å²) in [6, 6.07) is 0. The molecule has 0 amide bonds. The van der Waals surface area contributed by atoms with E-state index in [4.69, 9.17) is 37.9 Å². The predicted molar refractivity (Wildman–Crippen MR) is 103 cm³/mol. The van der Waals surface area contributed by atoms with Gasteiger partial charge in [0, 0.05) is 48.6 Å². The summed E-state index contributed by atoms with van der Waals surface area (Å²) < 4.78 is 40.8. The van der Waals surface area contributed by atoms with E-state index in [0.717, 1.165) is 6.92 Å². The molecular formula is C21H12O16. The minimum atomic E-state index is -3.85. The topological polar surface area (TPSA) is 210 Å². The number of cyclic esters (lactones) is 1. The Kier molecular flexibility index (Phi) is 5.87. The summed E-state index contributed by atoms with van der Waals surface area (Å²) in [6.07, 6.45) is 1.68. The number of fused-ring (bicyclic) bond motifs is 2. The molecule has 0 saturated carbocycles. The summed E-state index contributed by atoms with van der Waals surface area (Å²) in [5.41, 5.74) is 0. The van der Waals surface area contributed by atoms with Crippen LogP contribution in [0.15, 0.2) is 48.6 Å². The van der Waals surface area contributed by atoms with Gasteiger partial charge in [0.1, 0.15) is 0 Å². The van der Waals surface area contributed by atoms with Gasteiger partial charge in [0.15, 0.2) is 6.10 Å². The summed E-state index contributed by atoms with van der Waals surface area (Å²) >= 11 is 0. The smallest absolute Gasteiger partial charge is 0.451 e. The average molecular weight is 520 g/mol. The monoisotopic (exact) mass is 520 g/mol. The standard InChI is InChI=1S/C21H12O16/c1-10-19(31-12(23)3-2-11(22)30-10)20(33-14(25)5-4-13(24)32-19)21(35-16(27)7-6-15(26)34-20)36-17(28)8-9-18(29)37-21/h2-10H,1H3/b3-2+,5-4+,7-6+. The fraction of sp³-hybridized carbons (Fsp3) is 0.238. The molecule has 0 aromatic carbocycles. The Labute approximate surface area is 203 Å². The molecule has 0 aromatic rings. The van der Waals surface area contributed by atoms with E-state index >= 15 is 0 Å². The van der Waals surface area contributed by atoms with Crippen molar-refractivity contribution in [1.82, 2.24) is 0 Å². The molecule has 0 bridgehead atoms. The third-order valence-electron chi connectivity index (χ3n) is 4.81. The highest BCUT2D eigenvalue weighted by Gasteiger charge is 2.86. The zero-order chi connectivity index (χ0) is 27.0. The predicted octanol–water partition coefficient (Wildman–Crippen LogP) is -1.95. The number of carbonyl (C=O) groups is 8. The maximum Gasteiger partial charge on any atom is 0.516 e. The number of hydrogen-bond acceptors (Lipinski definition) is 16. The minimum absolute atomic E-state index is 0.425. The molecule has 4 heterocycles. The summed E-state index contributed by atoms with van der Waals surface area (Å²) in [5.74, 6) is -23.2. The van der Waals surface area contributed by atoms with Crippen LogP contribution < -0.4 is 0 Å². The lowest BCUT2D eigenvalue weighted by Crippen LogP contribution is -2.80. The van der Waals surface area contributed by atoms with Crippen molar-refractivity contribution >= 4 is 47.8 Å². The van der Waals surface area contributed by atoms with E-state index in [-0.39, 0.29) is 0 Å². The largest absolute Gasteiger partial charge is 0.516 e. The third kappa shape index (κ3) is 4.19. The molecule has 0 aromatic heterocycles. The summed E-state index contributed by atoms with van der Waals surface area (Å²) in [6.45, 7) is 0.898. The fourth-order valence-corrected chi connectivity index (χ4v) is 3.41. The molecule has 3 spiro atoms. The van der Waals surface area contributed by atoms with Crippen molar-refractivity contribution in [1.29, 1.82) is 0 Å². The van der Waals surface area contributed by atoms with Gasteiger partial charge in [-0.3, -0.25) is 0 Å². The Morgan fingerprint density at radius 2 is 0.757 bits per heavy atom. The van der Waals surface area contributed by atoms with Crippen LogP contribution in [0.3, 0.4) is 0 Å². The molecule has 3 unspecified atom stereocenters. The lowest BCUT2D eigenvalue weighted by molar-refractivity contribution is -0.502. The van der Waals surface area contributed by atoms with Crippen molar-refractivity contribution in [2.24, 2.45) is 0 Å². The zero-order valence-corrected chi connectivity index (χ0v) is 18.2. The van der Waals surface area contributed by atoms with Crippen molar-refractivity contribution < 1.29 is 76.3 Å². The Balaban J connectivity index is 2.14. The fourth-order valence-electron chi connectivity index (χ4n) is 3.41. The van der Waals surface area contributed by atoms with Crippen LogP contribution in [0.1, 0.15) is 6.92 Å². The first-order valence-corrected chi connectivity index (χ1v) is 9.94. The first-order chi connectivity index (χ1) is 17.4. The molecule has 4 aliphatic heterocycles. The van der Waals surface area contributed by atoms with E-state index in [1.165, 1.54) is 0 Å². The van der Waals surface area contributed by atoms with Crippen LogP contribution in [-0.2, 0) is 76.3 Å². The van der Waals surface area contributed by atoms with Crippen molar-refractivity contribution in [3.05, 3.63) is 48.6 Å². The molecule has 4 aliphatic rings. The Hall–Kier alpha value is -5.28. The summed E-state index contributed by atoms with van der Waals surface area (Å²) in [7, 11) is 0. The first-order valence-electron chi connectivity index (χ1n) is 9.94. The maximum absolute atomic E-state index is 12.7. The van der Waals surface area contributed by atoms with E-state index in [2.05, 4.69) is 0 Å². The molecule has 4 rings (SSSR count). The number of ether oxygens (including phenoxy) is 8. The second-order valence-electron chi connectivity index (χ2n) is 7.20. The molecule has 37 heavy (non-hydrogen) atoms. The molecule has 192 valence electrons. The van der Waals surface area contributed by atoms with E-state index in [9.17, 15) is 38.4 Å². The van der Waals surface area contributed by atoms with Gasteiger partial charge in [-0.05, 0) is 6.92 Å². The Morgan fingerprint density at radius 3 is 1.14 bits per heavy atom. The summed E-state index contributed by atoms with van der Waals surface area (Å²) in [5, 5.41) is 0. The van der Waals surface area contributed by atoms with Gasteiger partial charge in [-0.2, -0.15) is 0 Å². The molecule has 0 N–H and O–H groups in total. The molecule has 3 atom stereocenters. The van der Waals surface area contributed by atoms with Crippen molar-refractivity contribution in [3.8, 4) is 0 Å². The van der Waals surface area contributed by atoms with Gasteiger partial charge in [0.2, 0.25) is 0 Å². The van der Waals surface area contributed by atoms with Gasteiger partial charge in [-0.15, -0.1) is 0 Å². The molecular weight excluding hydrogens is 508 g/mol. The lowest BCUT2D eigenvalue weighted by Gasteiger charge is -2.51. The molecule has 0 saturated heterocycles. The van der Waals surface area contributed by atoms with Crippen LogP contribution >= 0.6 is 0 Å². The maximum atomic E-state index is 12.7. The quantitative estimate of drug-likeness (QED) is 0.251. The van der Waals surface area contributed by atoms with Gasteiger partial charge in [0.25, 0.3) is 0 Å². The van der Waals surface area contributed by atoms with Gasteiger partial charge in [-0.25, -0.2) is 38.4 Å². The van der Waals surface area contributed by atoms with Gasteiger partial charge >= 0.3 is 65.3 Å². The van der Waals surface area contributed by atoms with Crippen LogP contribution in [0.2, 0.25) is 0 Å². The van der Waals surface area contributed by atoms with E-state index < -0.39 is 71.4 Å². The van der Waals surface area contributed by atoms with Crippen LogP contribution in [-0.4, -0.2) is 71.4 Å². The van der Waals surface area contributed by atoms with Crippen LogP contribution in [0, 0.1) is 0 Å². The van der Waals surface area contributed by atoms with Crippen molar-refractivity contribution in [2.45, 2.75) is 30.6 Å². The van der Waals surface area contributed by atoms with E-state index in [1.807, 2.05) is 0 Å². The minimum Gasteiger partial charge on any atom is -0.451 e. The first kappa shape index (κ1) is 24.8. The highest BCUT2D eigenvalue weighted by Crippen LogP contribution is 2.50. The second-order valence-corrected chi connectivity index (χ2v) is 7.20. The Morgan fingerprint density at radius 1 is 0.459 bits per heavy atom. The van der Waals surface area contributed by atoms with Crippen molar-refractivity contribution in [3.63, 3.8) is 0 Å². The highest BCUT2D eigenvalue weighted by molar-refractivity contribution is 5.97. The Bertz CT molecular complexity index is 1220. The number of rotatable bonds is 0. The second kappa shape index (κ2) is 8.74. The highest BCUT2D eigenvalue weighted by atomic mass is 17.0. The normalized spacial score (nSPS) is 33.7. The lowest BCUT2D eigenvalue weighted by atomic mass is 9.94. The van der Waals surface area contributed by atoms with Crippen LogP contribution in [0.5, 0.6) is 0 Å². The van der Waals surface area contributed by atoms with Crippen LogP contribution in [0.4, 0.5) is 0 Å². The SMILES string of the molecule is CC1OC(=O)/C=C/C(=O)OC12OC(=O)/C=C/C(=O)OC21OC(=O)/C=C/C(=O)OC12OC(=O)C=CC(=O)O2. The van der Waals surface area contributed by atoms with Gasteiger partial charge in [0.05, 0.1) is 0 Å². The molecule has 0 fully saturated rings. The number of esters is 8. The third-order valence-corrected chi connectivity index (χ3v) is 4.81. The molecule has 0 radical (unpaired) electrons.